The van der Waals surface area contributed by atoms with Crippen molar-refractivity contribution in [3.63, 3.8) is 0 Å². The van der Waals surface area contributed by atoms with Crippen LogP contribution in [0.15, 0.2) is 72.8 Å². The second-order valence-corrected chi connectivity index (χ2v) is 8.75. The molecule has 0 unspecified atom stereocenters. The van der Waals surface area contributed by atoms with E-state index in [1.807, 2.05) is 36.4 Å². The molecule has 1 heterocycles. The molecule has 0 saturated carbocycles. The summed E-state index contributed by atoms with van der Waals surface area (Å²) in [6.45, 7) is 4.41. The van der Waals surface area contributed by atoms with Gasteiger partial charge in [-0.2, -0.15) is 0 Å². The molecule has 1 aliphatic heterocycles. The molecular weight excluding hydrogens is 440 g/mol. The summed E-state index contributed by atoms with van der Waals surface area (Å²) in [7, 11) is 3.65. The molecule has 0 aromatic heterocycles. The summed E-state index contributed by atoms with van der Waals surface area (Å²) in [6.07, 6.45) is 3.53. The third-order valence-corrected chi connectivity index (χ3v) is 6.23. The number of benzene rings is 3. The van der Waals surface area contributed by atoms with Crippen molar-refractivity contribution in [2.24, 2.45) is 0 Å². The lowest BCUT2D eigenvalue weighted by molar-refractivity contribution is -0.113. The van der Waals surface area contributed by atoms with E-state index in [0.717, 1.165) is 54.3 Å². The Balaban J connectivity index is 1.50. The minimum absolute atomic E-state index is 0.0198. The summed E-state index contributed by atoms with van der Waals surface area (Å²) >= 11 is 0. The number of rotatable bonds is 9. The number of methoxy groups -OCH3 is 1. The molecule has 0 spiro atoms. The van der Waals surface area contributed by atoms with E-state index in [1.54, 1.807) is 30.4 Å². The lowest BCUT2D eigenvalue weighted by Gasteiger charge is -2.34. The van der Waals surface area contributed by atoms with Crippen molar-refractivity contribution in [2.75, 3.05) is 45.2 Å². The number of aromatic hydroxyl groups is 1. The molecule has 3 aromatic carbocycles. The minimum atomic E-state index is -0.0198. The highest BCUT2D eigenvalue weighted by Gasteiger charge is 2.16. The molecule has 0 atom stereocenters. The Labute approximate surface area is 207 Å². The minimum Gasteiger partial charge on any atom is -0.504 e. The second-order valence-electron chi connectivity index (χ2n) is 8.75. The van der Waals surface area contributed by atoms with Crippen molar-refractivity contribution in [2.45, 2.75) is 13.0 Å². The number of carbonyl (C=O) groups excluding carboxylic acids is 1. The van der Waals surface area contributed by atoms with Crippen molar-refractivity contribution in [3.05, 3.63) is 89.5 Å². The average Bonchev–Trinajstić information content (AvgIpc) is 2.88. The van der Waals surface area contributed by atoms with Crippen LogP contribution in [0.4, 0.5) is 5.69 Å². The second kappa shape index (κ2) is 11.6. The van der Waals surface area contributed by atoms with Crippen LogP contribution in [0.25, 0.3) is 6.08 Å². The molecular formula is C29H32N2O4. The number of nitrogens with zero attached hydrogens (tertiary/aromatic N) is 2. The van der Waals surface area contributed by atoms with Crippen molar-refractivity contribution < 1.29 is 19.4 Å². The summed E-state index contributed by atoms with van der Waals surface area (Å²) in [5.74, 6) is 1.22. The maximum Gasteiger partial charge on any atom is 0.160 e. The highest BCUT2D eigenvalue weighted by atomic mass is 16.5. The van der Waals surface area contributed by atoms with Crippen molar-refractivity contribution >= 4 is 17.5 Å². The Morgan fingerprint density at radius 1 is 0.971 bits per heavy atom. The highest BCUT2D eigenvalue weighted by Crippen LogP contribution is 2.27. The summed E-state index contributed by atoms with van der Waals surface area (Å²) in [6, 6.07) is 21.1. The fourth-order valence-corrected chi connectivity index (χ4v) is 4.10. The normalized spacial score (nSPS) is 14.3. The number of allylic oxidation sites excluding steroid dienone is 1. The van der Waals surface area contributed by atoms with E-state index >= 15 is 0 Å². The van der Waals surface area contributed by atoms with Gasteiger partial charge in [-0.3, -0.25) is 4.79 Å². The number of phenols is 1. The monoisotopic (exact) mass is 472 g/mol. The van der Waals surface area contributed by atoms with Gasteiger partial charge in [-0.15, -0.1) is 0 Å². The number of carbonyl (C=O) groups is 1. The molecule has 35 heavy (non-hydrogen) atoms. The van der Waals surface area contributed by atoms with E-state index < -0.39 is 0 Å². The zero-order chi connectivity index (χ0) is 24.6. The Bertz CT molecular complexity index is 1170. The fourth-order valence-electron chi connectivity index (χ4n) is 4.10. The quantitative estimate of drug-likeness (QED) is 0.461. The number of phenolic OH excluding ortho intramolecular Hbond substituents is 1. The Hall–Kier alpha value is -3.77. The van der Waals surface area contributed by atoms with Crippen LogP contribution in [0.1, 0.15) is 16.7 Å². The molecule has 0 aliphatic carbocycles. The number of piperazine rings is 1. The molecule has 6 nitrogen and oxygen atoms in total. The lowest BCUT2D eigenvalue weighted by Crippen LogP contribution is -2.44. The first-order chi connectivity index (χ1) is 17.0. The van der Waals surface area contributed by atoms with Crippen LogP contribution in [0.2, 0.25) is 0 Å². The molecule has 0 amide bonds. The van der Waals surface area contributed by atoms with Crippen molar-refractivity contribution in [3.8, 4) is 17.2 Å². The first kappa shape index (κ1) is 24.4. The molecule has 6 heteroatoms. The summed E-state index contributed by atoms with van der Waals surface area (Å²) < 4.78 is 11.1. The maximum atomic E-state index is 12.8. The van der Waals surface area contributed by atoms with E-state index in [2.05, 4.69) is 29.0 Å². The van der Waals surface area contributed by atoms with Crippen LogP contribution in [-0.2, 0) is 17.8 Å². The smallest absolute Gasteiger partial charge is 0.160 e. The molecule has 0 radical (unpaired) electrons. The number of likely N-dealkylation sites (N-methyl/N-ethyl adjacent to an activating group) is 1. The molecule has 3 aromatic rings. The van der Waals surface area contributed by atoms with Crippen LogP contribution >= 0.6 is 0 Å². The molecule has 1 saturated heterocycles. The van der Waals surface area contributed by atoms with Gasteiger partial charge in [-0.1, -0.05) is 36.4 Å². The molecule has 4 rings (SSSR count). The molecule has 1 fully saturated rings. The number of anilines is 1. The van der Waals surface area contributed by atoms with Gasteiger partial charge in [0.05, 0.1) is 7.11 Å². The van der Waals surface area contributed by atoms with Gasteiger partial charge in [-0.05, 0) is 66.2 Å². The van der Waals surface area contributed by atoms with Gasteiger partial charge < -0.3 is 24.4 Å². The predicted octanol–water partition coefficient (Wildman–Crippen LogP) is 4.56. The van der Waals surface area contributed by atoms with E-state index in [1.165, 1.54) is 7.11 Å². The van der Waals surface area contributed by atoms with Crippen LogP contribution in [0.5, 0.6) is 17.2 Å². The maximum absolute atomic E-state index is 12.8. The van der Waals surface area contributed by atoms with Crippen molar-refractivity contribution in [1.29, 1.82) is 0 Å². The average molecular weight is 473 g/mol. The Kier molecular flexibility index (Phi) is 8.06. The van der Waals surface area contributed by atoms with E-state index in [4.69, 9.17) is 9.47 Å². The molecule has 0 bridgehead atoms. The molecule has 182 valence electrons. The highest BCUT2D eigenvalue weighted by molar-refractivity contribution is 5.95. The summed E-state index contributed by atoms with van der Waals surface area (Å²) in [5, 5.41) is 9.96. The summed E-state index contributed by atoms with van der Waals surface area (Å²) in [5.41, 5.74) is 3.85. The van der Waals surface area contributed by atoms with Crippen LogP contribution in [-0.4, -0.2) is 56.1 Å². The standard InChI is InChI=1S/C29H32N2O4/c1-30-14-16-31(17-15-30)25-11-10-23(24(19-25)21-35-27-6-4-3-5-7-27)20-26(32)12-8-22-9-13-29(34-2)28(33)18-22/h3-13,18-19,33H,14-17,20-21H2,1-2H3/b12-8+. The number of hydrogen-bond acceptors (Lipinski definition) is 6. The van der Waals surface area contributed by atoms with Crippen LogP contribution in [0.3, 0.4) is 0 Å². The van der Waals surface area contributed by atoms with Crippen LogP contribution < -0.4 is 14.4 Å². The third-order valence-electron chi connectivity index (χ3n) is 6.23. The zero-order valence-corrected chi connectivity index (χ0v) is 20.3. The van der Waals surface area contributed by atoms with Crippen molar-refractivity contribution in [1.82, 2.24) is 4.90 Å². The van der Waals surface area contributed by atoms with E-state index in [0.29, 0.717) is 12.4 Å². The predicted molar refractivity (Wildman–Crippen MR) is 139 cm³/mol. The van der Waals surface area contributed by atoms with Gasteiger partial charge >= 0.3 is 0 Å². The first-order valence-electron chi connectivity index (χ1n) is 11.8. The van der Waals surface area contributed by atoms with Gasteiger partial charge in [0.1, 0.15) is 12.4 Å². The lowest BCUT2D eigenvalue weighted by atomic mass is 10.0. The number of ether oxygens (including phenoxy) is 2. The van der Waals surface area contributed by atoms with Crippen LogP contribution in [0, 0.1) is 0 Å². The Morgan fingerprint density at radius 3 is 2.46 bits per heavy atom. The first-order valence-corrected chi connectivity index (χ1v) is 11.8. The van der Waals surface area contributed by atoms with E-state index in [-0.39, 0.29) is 18.0 Å². The van der Waals surface area contributed by atoms with Gasteiger partial charge in [0, 0.05) is 38.3 Å². The van der Waals surface area contributed by atoms with Gasteiger partial charge in [0.15, 0.2) is 17.3 Å². The summed E-state index contributed by atoms with van der Waals surface area (Å²) in [4.78, 5) is 17.5. The largest absolute Gasteiger partial charge is 0.504 e. The number of para-hydroxylation sites is 1. The van der Waals surface area contributed by atoms with Gasteiger partial charge in [-0.25, -0.2) is 0 Å². The topological polar surface area (TPSA) is 62.2 Å². The number of ketones is 1. The third kappa shape index (κ3) is 6.64. The van der Waals surface area contributed by atoms with Gasteiger partial charge in [0.25, 0.3) is 0 Å². The fraction of sp³-hybridized carbons (Fsp3) is 0.276. The number of hydrogen-bond donors (Lipinski definition) is 1. The van der Waals surface area contributed by atoms with Gasteiger partial charge in [0.2, 0.25) is 0 Å². The Morgan fingerprint density at radius 2 is 1.74 bits per heavy atom. The van der Waals surface area contributed by atoms with E-state index in [9.17, 15) is 9.90 Å². The molecule has 1 N–H and O–H groups in total. The molecule has 1 aliphatic rings. The zero-order valence-electron chi connectivity index (χ0n) is 20.3. The SMILES string of the molecule is COc1ccc(/C=C/C(=O)Cc2ccc(N3CCN(C)CC3)cc2COc2ccccc2)cc1O.